The van der Waals surface area contributed by atoms with E-state index in [1.54, 1.807) is 41.3 Å². The molecule has 0 unspecified atom stereocenters. The van der Waals surface area contributed by atoms with Crippen LogP contribution in [0.5, 0.6) is 0 Å². The maximum atomic E-state index is 12.3. The van der Waals surface area contributed by atoms with E-state index in [-0.39, 0.29) is 24.5 Å². The summed E-state index contributed by atoms with van der Waals surface area (Å²) in [6.45, 7) is 4.59. The highest BCUT2D eigenvalue weighted by Crippen LogP contribution is 2.23. The van der Waals surface area contributed by atoms with E-state index >= 15 is 0 Å². The minimum Gasteiger partial charge on any atom is -0.456 e. The molecule has 1 N–H and O–H groups in total. The number of benzene rings is 1. The zero-order valence-electron chi connectivity index (χ0n) is 16.8. The second-order valence-corrected chi connectivity index (χ2v) is 8.01. The maximum absolute atomic E-state index is 12.3. The standard InChI is InChI=1S/C21H23ClN2O5S/c1-3-24(4-2)21(28)14-5-7-15(8-6-14)23-19(26)13-29-20(27)12-9-16(25)17-10-11-18(22)30-17/h5-8,10-11H,3-4,9,12-13H2,1-2H3,(H,23,26). The number of carbonyl (C=O) groups is 4. The van der Waals surface area contributed by atoms with Gasteiger partial charge in [-0.1, -0.05) is 11.6 Å². The van der Waals surface area contributed by atoms with E-state index in [0.717, 1.165) is 11.3 Å². The number of halogens is 1. The van der Waals surface area contributed by atoms with Crippen molar-refractivity contribution in [3.63, 3.8) is 0 Å². The Morgan fingerprint density at radius 3 is 2.23 bits per heavy atom. The van der Waals surface area contributed by atoms with E-state index in [9.17, 15) is 19.2 Å². The topological polar surface area (TPSA) is 92.8 Å². The third-order valence-electron chi connectivity index (χ3n) is 4.23. The molecular weight excluding hydrogens is 428 g/mol. The van der Waals surface area contributed by atoms with E-state index in [2.05, 4.69) is 5.32 Å². The lowest BCUT2D eigenvalue weighted by Crippen LogP contribution is -2.30. The van der Waals surface area contributed by atoms with Gasteiger partial charge in [-0.2, -0.15) is 0 Å². The molecular formula is C21H23ClN2O5S. The number of nitrogens with zero attached hydrogens (tertiary/aromatic N) is 1. The summed E-state index contributed by atoms with van der Waals surface area (Å²) in [5, 5.41) is 2.59. The minimum atomic E-state index is -0.638. The fourth-order valence-corrected chi connectivity index (χ4v) is 3.62. The summed E-state index contributed by atoms with van der Waals surface area (Å²) in [6.07, 6.45) is -0.136. The van der Waals surface area contributed by atoms with Crippen LogP contribution in [0.25, 0.3) is 0 Å². The first-order valence-electron chi connectivity index (χ1n) is 9.47. The van der Waals surface area contributed by atoms with Gasteiger partial charge in [-0.3, -0.25) is 19.2 Å². The number of Topliss-reactive ketones (excluding diaryl/α,β-unsaturated/α-hetero) is 1. The molecule has 0 aliphatic rings. The SMILES string of the molecule is CCN(CC)C(=O)c1ccc(NC(=O)COC(=O)CCC(=O)c2ccc(Cl)s2)cc1. The number of ether oxygens (including phenoxy) is 1. The first-order chi connectivity index (χ1) is 14.3. The number of anilines is 1. The molecule has 30 heavy (non-hydrogen) atoms. The summed E-state index contributed by atoms with van der Waals surface area (Å²) >= 11 is 6.93. The van der Waals surface area contributed by atoms with Crippen LogP contribution in [0.4, 0.5) is 5.69 Å². The molecule has 7 nitrogen and oxygen atoms in total. The molecule has 1 aromatic carbocycles. The summed E-state index contributed by atoms with van der Waals surface area (Å²) < 4.78 is 5.41. The van der Waals surface area contributed by atoms with Crippen LogP contribution < -0.4 is 5.32 Å². The number of ketones is 1. The van der Waals surface area contributed by atoms with Crippen molar-refractivity contribution in [1.82, 2.24) is 4.90 Å². The molecule has 0 fully saturated rings. The molecule has 160 valence electrons. The van der Waals surface area contributed by atoms with Crippen molar-refractivity contribution >= 4 is 52.2 Å². The van der Waals surface area contributed by atoms with Crippen LogP contribution in [-0.2, 0) is 14.3 Å². The molecule has 0 atom stereocenters. The average Bonchev–Trinajstić information content (AvgIpc) is 3.18. The second-order valence-electron chi connectivity index (χ2n) is 6.29. The fraction of sp³-hybridized carbons (Fsp3) is 0.333. The Kier molecular flexibility index (Phi) is 9.01. The van der Waals surface area contributed by atoms with E-state index in [1.807, 2.05) is 13.8 Å². The molecule has 9 heteroatoms. The average molecular weight is 451 g/mol. The van der Waals surface area contributed by atoms with Crippen molar-refractivity contribution in [3.05, 3.63) is 51.2 Å². The smallest absolute Gasteiger partial charge is 0.306 e. The number of thiophene rings is 1. The maximum Gasteiger partial charge on any atom is 0.306 e. The van der Waals surface area contributed by atoms with E-state index in [4.69, 9.17) is 16.3 Å². The highest BCUT2D eigenvalue weighted by molar-refractivity contribution is 7.18. The van der Waals surface area contributed by atoms with E-state index in [0.29, 0.717) is 33.6 Å². The van der Waals surface area contributed by atoms with E-state index in [1.165, 1.54) is 0 Å². The Balaban J connectivity index is 1.75. The van der Waals surface area contributed by atoms with Crippen molar-refractivity contribution in [3.8, 4) is 0 Å². The fourth-order valence-electron chi connectivity index (χ4n) is 2.61. The van der Waals surface area contributed by atoms with Gasteiger partial charge in [-0.05, 0) is 50.2 Å². The molecule has 0 aliphatic heterocycles. The van der Waals surface area contributed by atoms with Crippen molar-refractivity contribution in [1.29, 1.82) is 0 Å². The summed E-state index contributed by atoms with van der Waals surface area (Å²) in [7, 11) is 0. The van der Waals surface area contributed by atoms with Crippen LogP contribution in [0.15, 0.2) is 36.4 Å². The van der Waals surface area contributed by atoms with Gasteiger partial charge in [-0.25, -0.2) is 0 Å². The monoisotopic (exact) mass is 450 g/mol. The minimum absolute atomic E-state index is 0.0146. The largest absolute Gasteiger partial charge is 0.456 e. The lowest BCUT2D eigenvalue weighted by molar-refractivity contribution is -0.147. The van der Waals surface area contributed by atoms with Gasteiger partial charge in [0.15, 0.2) is 12.4 Å². The summed E-state index contributed by atoms with van der Waals surface area (Å²) in [5.74, 6) is -1.43. The van der Waals surface area contributed by atoms with Crippen LogP contribution in [0.3, 0.4) is 0 Å². The molecule has 2 rings (SSSR count). The molecule has 0 saturated heterocycles. The van der Waals surface area contributed by atoms with Gasteiger partial charge in [0, 0.05) is 30.8 Å². The third kappa shape index (κ3) is 6.96. The first-order valence-corrected chi connectivity index (χ1v) is 10.7. The lowest BCUT2D eigenvalue weighted by atomic mass is 10.2. The summed E-state index contributed by atoms with van der Waals surface area (Å²) in [4.78, 5) is 50.1. The molecule has 2 aromatic rings. The van der Waals surface area contributed by atoms with Crippen LogP contribution in [0.1, 0.15) is 46.7 Å². The van der Waals surface area contributed by atoms with Gasteiger partial charge >= 0.3 is 5.97 Å². The molecule has 0 radical (unpaired) electrons. The Morgan fingerprint density at radius 1 is 1.00 bits per heavy atom. The summed E-state index contributed by atoms with van der Waals surface area (Å²) in [6, 6.07) is 9.71. The highest BCUT2D eigenvalue weighted by Gasteiger charge is 2.15. The Morgan fingerprint density at radius 2 is 1.67 bits per heavy atom. The van der Waals surface area contributed by atoms with Gasteiger partial charge in [0.25, 0.3) is 11.8 Å². The number of esters is 1. The van der Waals surface area contributed by atoms with Crippen LogP contribution >= 0.6 is 22.9 Å². The van der Waals surface area contributed by atoms with Crippen molar-refractivity contribution in [2.75, 3.05) is 25.0 Å². The number of hydrogen-bond acceptors (Lipinski definition) is 6. The number of carbonyl (C=O) groups excluding carboxylic acids is 4. The Bertz CT molecular complexity index is 906. The van der Waals surface area contributed by atoms with Gasteiger partial charge < -0.3 is 15.0 Å². The normalized spacial score (nSPS) is 10.4. The van der Waals surface area contributed by atoms with Gasteiger partial charge in [0.05, 0.1) is 15.6 Å². The Hall–Kier alpha value is -2.71. The molecule has 0 aliphatic carbocycles. The predicted octanol–water partition coefficient (Wildman–Crippen LogP) is 4.03. The Labute approximate surface area is 184 Å². The van der Waals surface area contributed by atoms with Gasteiger partial charge in [0.1, 0.15) is 0 Å². The van der Waals surface area contributed by atoms with Crippen LogP contribution in [0, 0.1) is 0 Å². The number of rotatable bonds is 10. The zero-order chi connectivity index (χ0) is 22.1. The number of hydrogen-bond donors (Lipinski definition) is 1. The van der Waals surface area contributed by atoms with Crippen LogP contribution in [-0.4, -0.2) is 48.2 Å². The molecule has 1 heterocycles. The molecule has 2 amide bonds. The second kappa shape index (κ2) is 11.5. The first kappa shape index (κ1) is 23.6. The zero-order valence-corrected chi connectivity index (χ0v) is 18.3. The number of nitrogens with one attached hydrogen (secondary N) is 1. The summed E-state index contributed by atoms with van der Waals surface area (Å²) in [5.41, 5.74) is 1.01. The molecule has 0 bridgehead atoms. The molecule has 0 saturated carbocycles. The van der Waals surface area contributed by atoms with Gasteiger partial charge in [0.2, 0.25) is 0 Å². The number of amides is 2. The molecule has 0 spiro atoms. The predicted molar refractivity (Wildman–Crippen MR) is 116 cm³/mol. The van der Waals surface area contributed by atoms with Gasteiger partial charge in [-0.15, -0.1) is 11.3 Å². The van der Waals surface area contributed by atoms with Crippen LogP contribution in [0.2, 0.25) is 4.34 Å². The van der Waals surface area contributed by atoms with Crippen molar-refractivity contribution < 1.29 is 23.9 Å². The van der Waals surface area contributed by atoms with Crippen molar-refractivity contribution in [2.24, 2.45) is 0 Å². The molecule has 1 aromatic heterocycles. The van der Waals surface area contributed by atoms with Crippen molar-refractivity contribution in [2.45, 2.75) is 26.7 Å². The third-order valence-corrected chi connectivity index (χ3v) is 5.51. The highest BCUT2D eigenvalue weighted by atomic mass is 35.5. The van der Waals surface area contributed by atoms with E-state index < -0.39 is 18.5 Å². The quantitative estimate of drug-likeness (QED) is 0.435. The lowest BCUT2D eigenvalue weighted by Gasteiger charge is -2.18.